The normalized spacial score (nSPS) is 21.6. The topological polar surface area (TPSA) is 34.5 Å². The molecule has 1 aromatic carbocycles. The van der Waals surface area contributed by atoms with Crippen LogP contribution in [-0.2, 0) is 22.5 Å². The molecule has 0 saturated carbocycles. The molecular formula is C22H22N2O2S. The summed E-state index contributed by atoms with van der Waals surface area (Å²) in [6.45, 7) is 2.27. The highest BCUT2D eigenvalue weighted by Gasteiger charge is 2.34. The van der Waals surface area contributed by atoms with Crippen molar-refractivity contribution in [2.75, 3.05) is 13.2 Å². The average molecular weight is 378 g/mol. The molecule has 4 heterocycles. The summed E-state index contributed by atoms with van der Waals surface area (Å²) in [6.07, 6.45) is 3.37. The van der Waals surface area contributed by atoms with Gasteiger partial charge in [-0.05, 0) is 41.1 Å². The fourth-order valence-corrected chi connectivity index (χ4v) is 5.29. The van der Waals surface area contributed by atoms with Gasteiger partial charge in [0, 0.05) is 29.9 Å². The molecule has 0 fully saturated rings. The lowest BCUT2D eigenvalue weighted by Crippen LogP contribution is -2.43. The van der Waals surface area contributed by atoms with Crippen molar-refractivity contribution in [2.24, 2.45) is 0 Å². The maximum absolute atomic E-state index is 13.4. The van der Waals surface area contributed by atoms with Gasteiger partial charge in [-0.1, -0.05) is 30.3 Å². The molecule has 0 radical (unpaired) electrons. The molecule has 0 aliphatic carbocycles. The largest absolute Gasteiger partial charge is 0.372 e. The second-order valence-corrected chi connectivity index (χ2v) is 8.10. The molecule has 0 unspecified atom stereocenters. The van der Waals surface area contributed by atoms with Gasteiger partial charge in [-0.15, -0.1) is 11.3 Å². The predicted molar refractivity (Wildman–Crippen MR) is 106 cm³/mol. The zero-order valence-corrected chi connectivity index (χ0v) is 15.9. The Bertz CT molecular complexity index is 946. The number of benzene rings is 1. The summed E-state index contributed by atoms with van der Waals surface area (Å²) in [4.78, 5) is 16.6. The second kappa shape index (κ2) is 6.98. The Morgan fingerprint density at radius 2 is 2.00 bits per heavy atom. The number of nitrogens with zero attached hydrogens (tertiary/aromatic N) is 2. The Morgan fingerprint density at radius 1 is 1.11 bits per heavy atom. The van der Waals surface area contributed by atoms with Crippen molar-refractivity contribution >= 4 is 17.2 Å². The molecule has 2 atom stereocenters. The minimum Gasteiger partial charge on any atom is -0.372 e. The Hall–Kier alpha value is -2.37. The number of amides is 1. The van der Waals surface area contributed by atoms with Gasteiger partial charge in [-0.25, -0.2) is 0 Å². The first-order valence-electron chi connectivity index (χ1n) is 9.48. The van der Waals surface area contributed by atoms with Crippen LogP contribution in [0.4, 0.5) is 0 Å². The molecule has 27 heavy (non-hydrogen) atoms. The monoisotopic (exact) mass is 378 g/mol. The number of thiophene rings is 1. The van der Waals surface area contributed by atoms with Gasteiger partial charge >= 0.3 is 0 Å². The minimum absolute atomic E-state index is 0.0335. The summed E-state index contributed by atoms with van der Waals surface area (Å²) in [6, 6.07) is 16.7. The molecule has 2 aliphatic heterocycles. The van der Waals surface area contributed by atoms with E-state index in [-0.39, 0.29) is 18.1 Å². The molecular weight excluding hydrogens is 356 g/mol. The maximum Gasteiger partial charge on any atom is 0.226 e. The van der Waals surface area contributed by atoms with E-state index in [1.54, 1.807) is 11.3 Å². The van der Waals surface area contributed by atoms with Crippen molar-refractivity contribution in [3.05, 3.63) is 81.8 Å². The van der Waals surface area contributed by atoms with Crippen molar-refractivity contribution in [1.29, 1.82) is 0 Å². The van der Waals surface area contributed by atoms with E-state index in [9.17, 15) is 4.79 Å². The molecule has 0 saturated heterocycles. The number of carbonyl (C=O) groups excluding carboxylic acids is 1. The average Bonchev–Trinajstić information content (AvgIpc) is 3.37. The van der Waals surface area contributed by atoms with E-state index >= 15 is 0 Å². The predicted octanol–water partition coefficient (Wildman–Crippen LogP) is 4.19. The number of ether oxygens (including phenoxy) is 1. The van der Waals surface area contributed by atoms with E-state index in [0.29, 0.717) is 13.0 Å². The molecule has 2 aromatic heterocycles. The van der Waals surface area contributed by atoms with Crippen molar-refractivity contribution in [3.63, 3.8) is 0 Å². The standard InChI is InChI=1S/C22H22N2O2S/c25-20(15-19-22-17(8-13-26-19)9-14-27-22)24-12-11-23-10-4-7-18(23)21(24)16-5-2-1-3-6-16/h1-7,9-10,14,19,21H,8,11-13,15H2/t19-,21+/m1/s1. The summed E-state index contributed by atoms with van der Waals surface area (Å²) < 4.78 is 8.24. The Kier molecular flexibility index (Phi) is 4.34. The molecule has 2 aliphatic rings. The summed E-state index contributed by atoms with van der Waals surface area (Å²) in [5.74, 6) is 0.169. The van der Waals surface area contributed by atoms with Crippen LogP contribution in [0, 0.1) is 0 Å². The minimum atomic E-state index is -0.105. The number of hydrogen-bond acceptors (Lipinski definition) is 3. The molecule has 1 amide bonds. The van der Waals surface area contributed by atoms with E-state index in [2.05, 4.69) is 46.5 Å². The van der Waals surface area contributed by atoms with Gasteiger partial charge in [-0.2, -0.15) is 0 Å². The first kappa shape index (κ1) is 16.8. The van der Waals surface area contributed by atoms with Crippen LogP contribution in [0.1, 0.15) is 40.3 Å². The van der Waals surface area contributed by atoms with Gasteiger partial charge in [0.15, 0.2) is 0 Å². The number of hydrogen-bond donors (Lipinski definition) is 0. The lowest BCUT2D eigenvalue weighted by molar-refractivity contribution is -0.137. The Morgan fingerprint density at radius 3 is 2.89 bits per heavy atom. The molecule has 4 nitrogen and oxygen atoms in total. The summed E-state index contributed by atoms with van der Waals surface area (Å²) in [5.41, 5.74) is 3.69. The highest BCUT2D eigenvalue weighted by atomic mass is 32.1. The van der Waals surface area contributed by atoms with E-state index in [1.165, 1.54) is 16.1 Å². The van der Waals surface area contributed by atoms with Gasteiger partial charge in [-0.3, -0.25) is 4.79 Å². The quantitative estimate of drug-likeness (QED) is 0.685. The van der Waals surface area contributed by atoms with Crippen molar-refractivity contribution in [1.82, 2.24) is 9.47 Å². The zero-order chi connectivity index (χ0) is 18.2. The van der Waals surface area contributed by atoms with Gasteiger partial charge < -0.3 is 14.2 Å². The molecule has 138 valence electrons. The third-order valence-corrected chi connectivity index (χ3v) is 6.65. The van der Waals surface area contributed by atoms with Crippen LogP contribution in [0.15, 0.2) is 60.1 Å². The van der Waals surface area contributed by atoms with Crippen molar-refractivity contribution < 1.29 is 9.53 Å². The molecule has 0 bridgehead atoms. The van der Waals surface area contributed by atoms with E-state index in [4.69, 9.17) is 4.74 Å². The number of fused-ring (bicyclic) bond motifs is 2. The number of aromatic nitrogens is 1. The summed E-state index contributed by atoms with van der Waals surface area (Å²) >= 11 is 1.71. The lowest BCUT2D eigenvalue weighted by Gasteiger charge is -2.38. The van der Waals surface area contributed by atoms with Crippen LogP contribution in [-0.4, -0.2) is 28.5 Å². The third-order valence-electron chi connectivity index (χ3n) is 5.60. The Labute approximate surface area is 163 Å². The first-order chi connectivity index (χ1) is 13.3. The van der Waals surface area contributed by atoms with E-state index < -0.39 is 0 Å². The van der Waals surface area contributed by atoms with Gasteiger partial charge in [0.25, 0.3) is 0 Å². The third kappa shape index (κ3) is 3.01. The zero-order valence-electron chi connectivity index (χ0n) is 15.1. The molecule has 3 aromatic rings. The molecule has 5 rings (SSSR count). The molecule has 0 spiro atoms. The lowest BCUT2D eigenvalue weighted by atomic mass is 9.98. The van der Waals surface area contributed by atoms with Gasteiger partial charge in [0.2, 0.25) is 5.91 Å². The van der Waals surface area contributed by atoms with Crippen LogP contribution in [0.3, 0.4) is 0 Å². The Balaban J connectivity index is 1.44. The SMILES string of the molecule is O=C(C[C@H]1OCCc2ccsc21)N1CCn2cccc2[C@@H]1c1ccccc1. The fourth-order valence-electron chi connectivity index (χ4n) is 4.29. The van der Waals surface area contributed by atoms with E-state index in [0.717, 1.165) is 25.1 Å². The van der Waals surface area contributed by atoms with Crippen LogP contribution < -0.4 is 0 Å². The van der Waals surface area contributed by atoms with Gasteiger partial charge in [0.05, 0.1) is 19.1 Å². The number of carbonyl (C=O) groups is 1. The van der Waals surface area contributed by atoms with Crippen LogP contribution in [0.25, 0.3) is 0 Å². The summed E-state index contributed by atoms with van der Waals surface area (Å²) in [5, 5.41) is 2.11. The highest BCUT2D eigenvalue weighted by Crippen LogP contribution is 2.37. The van der Waals surface area contributed by atoms with Crippen molar-refractivity contribution in [3.8, 4) is 0 Å². The maximum atomic E-state index is 13.4. The van der Waals surface area contributed by atoms with Crippen LogP contribution >= 0.6 is 11.3 Å². The smallest absolute Gasteiger partial charge is 0.226 e. The molecule has 5 heteroatoms. The van der Waals surface area contributed by atoms with Crippen molar-refractivity contribution in [2.45, 2.75) is 31.5 Å². The second-order valence-electron chi connectivity index (χ2n) is 7.15. The summed E-state index contributed by atoms with van der Waals surface area (Å²) in [7, 11) is 0. The fraction of sp³-hybridized carbons (Fsp3) is 0.318. The van der Waals surface area contributed by atoms with Crippen LogP contribution in [0.5, 0.6) is 0 Å². The van der Waals surface area contributed by atoms with Crippen LogP contribution in [0.2, 0.25) is 0 Å². The first-order valence-corrected chi connectivity index (χ1v) is 10.4. The molecule has 0 N–H and O–H groups in total. The van der Waals surface area contributed by atoms with E-state index in [1.807, 2.05) is 23.1 Å². The number of rotatable bonds is 3. The highest BCUT2D eigenvalue weighted by molar-refractivity contribution is 7.10. The van der Waals surface area contributed by atoms with Gasteiger partial charge in [0.1, 0.15) is 6.10 Å².